The van der Waals surface area contributed by atoms with Crippen molar-refractivity contribution in [2.75, 3.05) is 14.2 Å². The zero-order valence-corrected chi connectivity index (χ0v) is 15.0. The van der Waals surface area contributed by atoms with E-state index >= 15 is 0 Å². The van der Waals surface area contributed by atoms with Gasteiger partial charge in [0.25, 0.3) is 5.91 Å². The number of hydrogen-bond donors (Lipinski definition) is 1. The second kappa shape index (κ2) is 7.49. The van der Waals surface area contributed by atoms with Crippen molar-refractivity contribution < 1.29 is 19.1 Å². The molecule has 3 amide bonds. The molecule has 0 unspecified atom stereocenters. The van der Waals surface area contributed by atoms with Crippen molar-refractivity contribution in [1.82, 2.24) is 10.2 Å². The van der Waals surface area contributed by atoms with Crippen LogP contribution in [0.1, 0.15) is 11.1 Å². The molecule has 134 valence electrons. The molecule has 1 aliphatic heterocycles. The number of imide groups is 1. The number of likely N-dealkylation sites (N-methyl/N-ethyl adjacent to an activating group) is 1. The number of rotatable bonds is 5. The van der Waals surface area contributed by atoms with Gasteiger partial charge >= 0.3 is 6.03 Å². The summed E-state index contributed by atoms with van der Waals surface area (Å²) in [5.74, 6) is 0.679. The highest BCUT2D eigenvalue weighted by atomic mass is 35.5. The molecular formula is C19H17ClN2O4. The van der Waals surface area contributed by atoms with E-state index in [0.29, 0.717) is 28.7 Å². The Hall–Kier alpha value is -2.99. The summed E-state index contributed by atoms with van der Waals surface area (Å²) >= 11 is 6.13. The predicted molar refractivity (Wildman–Crippen MR) is 98.1 cm³/mol. The Balaban J connectivity index is 1.79. The lowest BCUT2D eigenvalue weighted by molar-refractivity contribution is -0.121. The first-order valence-corrected chi connectivity index (χ1v) is 8.22. The van der Waals surface area contributed by atoms with Gasteiger partial charge in [-0.3, -0.25) is 9.69 Å². The van der Waals surface area contributed by atoms with Crippen LogP contribution in [-0.4, -0.2) is 31.0 Å². The van der Waals surface area contributed by atoms with Crippen LogP contribution in [0.15, 0.2) is 48.2 Å². The Morgan fingerprint density at radius 1 is 1.15 bits per heavy atom. The SMILES string of the molecule is COc1cc(/C=C2/NC(=O)N(C)C2=O)ccc1OCc1ccccc1Cl. The van der Waals surface area contributed by atoms with Crippen molar-refractivity contribution in [3.05, 3.63) is 64.3 Å². The highest BCUT2D eigenvalue weighted by Crippen LogP contribution is 2.30. The zero-order valence-electron chi connectivity index (χ0n) is 14.3. The molecule has 1 fully saturated rings. The van der Waals surface area contributed by atoms with Crippen molar-refractivity contribution >= 4 is 29.6 Å². The molecule has 1 saturated heterocycles. The summed E-state index contributed by atoms with van der Waals surface area (Å²) in [5, 5.41) is 3.15. The molecule has 0 radical (unpaired) electrons. The maximum atomic E-state index is 11.9. The number of urea groups is 1. The minimum absolute atomic E-state index is 0.212. The van der Waals surface area contributed by atoms with Crippen molar-refractivity contribution in [3.8, 4) is 11.5 Å². The molecule has 2 aromatic rings. The average Bonchev–Trinajstić information content (AvgIpc) is 2.88. The number of ether oxygens (including phenoxy) is 2. The largest absolute Gasteiger partial charge is 0.493 e. The number of benzene rings is 2. The minimum Gasteiger partial charge on any atom is -0.493 e. The van der Waals surface area contributed by atoms with Crippen LogP contribution < -0.4 is 14.8 Å². The molecule has 7 heteroatoms. The lowest BCUT2D eigenvalue weighted by Crippen LogP contribution is -2.25. The molecule has 26 heavy (non-hydrogen) atoms. The fourth-order valence-corrected chi connectivity index (χ4v) is 2.64. The van der Waals surface area contributed by atoms with E-state index in [-0.39, 0.29) is 11.6 Å². The first-order valence-electron chi connectivity index (χ1n) is 7.84. The van der Waals surface area contributed by atoms with Crippen molar-refractivity contribution in [2.45, 2.75) is 6.61 Å². The lowest BCUT2D eigenvalue weighted by atomic mass is 10.1. The molecule has 0 aromatic heterocycles. The molecule has 1 N–H and O–H groups in total. The molecule has 0 saturated carbocycles. The third-order valence-electron chi connectivity index (χ3n) is 3.92. The van der Waals surface area contributed by atoms with Crippen LogP contribution in [0.4, 0.5) is 4.79 Å². The molecule has 0 bridgehead atoms. The Morgan fingerprint density at radius 3 is 2.58 bits per heavy atom. The number of halogens is 1. The van der Waals surface area contributed by atoms with Gasteiger partial charge in [-0.25, -0.2) is 4.79 Å². The predicted octanol–water partition coefficient (Wildman–Crippen LogP) is 3.45. The lowest BCUT2D eigenvalue weighted by Gasteiger charge is -2.12. The van der Waals surface area contributed by atoms with Crippen LogP contribution in [-0.2, 0) is 11.4 Å². The maximum Gasteiger partial charge on any atom is 0.328 e. The first-order chi connectivity index (χ1) is 12.5. The Kier molecular flexibility index (Phi) is 5.14. The highest BCUT2D eigenvalue weighted by Gasteiger charge is 2.29. The van der Waals surface area contributed by atoms with Gasteiger partial charge in [-0.15, -0.1) is 0 Å². The minimum atomic E-state index is -0.451. The van der Waals surface area contributed by atoms with E-state index < -0.39 is 6.03 Å². The van der Waals surface area contributed by atoms with Gasteiger partial charge in [0.05, 0.1) is 7.11 Å². The summed E-state index contributed by atoms with van der Waals surface area (Å²) in [5.41, 5.74) is 1.78. The van der Waals surface area contributed by atoms with Crippen molar-refractivity contribution in [2.24, 2.45) is 0 Å². The van der Waals surface area contributed by atoms with E-state index in [4.69, 9.17) is 21.1 Å². The second-order valence-electron chi connectivity index (χ2n) is 5.64. The molecule has 6 nitrogen and oxygen atoms in total. The third kappa shape index (κ3) is 3.65. The van der Waals surface area contributed by atoms with Gasteiger partial charge in [0.15, 0.2) is 11.5 Å². The number of carbonyl (C=O) groups is 2. The van der Waals surface area contributed by atoms with E-state index in [1.807, 2.05) is 18.2 Å². The Morgan fingerprint density at radius 2 is 1.92 bits per heavy atom. The number of hydrogen-bond acceptors (Lipinski definition) is 4. The van der Waals surface area contributed by atoms with Gasteiger partial charge in [-0.2, -0.15) is 0 Å². The fraction of sp³-hybridized carbons (Fsp3) is 0.158. The van der Waals surface area contributed by atoms with Crippen molar-refractivity contribution in [1.29, 1.82) is 0 Å². The molecule has 3 rings (SSSR count). The van der Waals surface area contributed by atoms with Crippen LogP contribution in [0.3, 0.4) is 0 Å². The van der Waals surface area contributed by atoms with Gasteiger partial charge in [0.1, 0.15) is 12.3 Å². The molecule has 2 aromatic carbocycles. The number of nitrogens with zero attached hydrogens (tertiary/aromatic N) is 1. The third-order valence-corrected chi connectivity index (χ3v) is 4.29. The van der Waals surface area contributed by atoms with Crippen LogP contribution in [0.25, 0.3) is 6.08 Å². The summed E-state index contributed by atoms with van der Waals surface area (Å²) in [6, 6.07) is 12.2. The average molecular weight is 373 g/mol. The standard InChI is InChI=1S/C19H17ClN2O4/c1-22-18(23)15(21-19(22)24)9-12-7-8-16(17(10-12)25-2)26-11-13-5-3-4-6-14(13)20/h3-10H,11H2,1-2H3,(H,21,24)/b15-9+. The molecule has 1 heterocycles. The smallest absolute Gasteiger partial charge is 0.328 e. The monoisotopic (exact) mass is 372 g/mol. The quantitative estimate of drug-likeness (QED) is 0.644. The number of amides is 3. The molecule has 0 atom stereocenters. The van der Waals surface area contributed by atoms with Gasteiger partial charge in [-0.1, -0.05) is 35.9 Å². The summed E-state index contributed by atoms with van der Waals surface area (Å²) in [6.07, 6.45) is 1.59. The number of carbonyl (C=O) groups excluding carboxylic acids is 2. The summed E-state index contributed by atoms with van der Waals surface area (Å²) in [7, 11) is 2.95. The van der Waals surface area contributed by atoms with Crippen molar-refractivity contribution in [3.63, 3.8) is 0 Å². The van der Waals surface area contributed by atoms with Gasteiger partial charge in [0, 0.05) is 17.6 Å². The second-order valence-corrected chi connectivity index (χ2v) is 6.05. The molecule has 1 aliphatic rings. The van der Waals surface area contributed by atoms with E-state index in [0.717, 1.165) is 10.5 Å². The topological polar surface area (TPSA) is 67.9 Å². The van der Waals surface area contributed by atoms with E-state index in [9.17, 15) is 9.59 Å². The maximum absolute atomic E-state index is 11.9. The van der Waals surface area contributed by atoms with E-state index in [2.05, 4.69) is 5.32 Å². The van der Waals surface area contributed by atoms with E-state index in [1.54, 1.807) is 30.3 Å². The van der Waals surface area contributed by atoms with Crippen LogP contribution in [0.2, 0.25) is 5.02 Å². The van der Waals surface area contributed by atoms with Gasteiger partial charge < -0.3 is 14.8 Å². The van der Waals surface area contributed by atoms with Gasteiger partial charge in [0.2, 0.25) is 0 Å². The normalized spacial score (nSPS) is 15.3. The summed E-state index contributed by atoms with van der Waals surface area (Å²) in [4.78, 5) is 24.5. The van der Waals surface area contributed by atoms with Crippen LogP contribution in [0, 0.1) is 0 Å². The summed E-state index contributed by atoms with van der Waals surface area (Å²) in [6.45, 7) is 0.301. The first kappa shape index (κ1) is 17.8. The fourth-order valence-electron chi connectivity index (χ4n) is 2.45. The molecule has 0 spiro atoms. The Bertz CT molecular complexity index is 895. The number of methoxy groups -OCH3 is 1. The van der Waals surface area contributed by atoms with E-state index in [1.165, 1.54) is 14.2 Å². The summed E-state index contributed by atoms with van der Waals surface area (Å²) < 4.78 is 11.2. The Labute approximate surface area is 156 Å². The van der Waals surface area contributed by atoms with Crippen LogP contribution in [0.5, 0.6) is 11.5 Å². The van der Waals surface area contributed by atoms with Crippen LogP contribution >= 0.6 is 11.6 Å². The molecular weight excluding hydrogens is 356 g/mol. The highest BCUT2D eigenvalue weighted by molar-refractivity contribution is 6.31. The van der Waals surface area contributed by atoms with Gasteiger partial charge in [-0.05, 0) is 29.8 Å². The number of nitrogens with one attached hydrogen (secondary N) is 1. The molecule has 0 aliphatic carbocycles. The zero-order chi connectivity index (χ0) is 18.7.